The normalized spacial score (nSPS) is 15.8. The van der Waals surface area contributed by atoms with Crippen LogP contribution in [-0.4, -0.2) is 10.5 Å². The average molecular weight is 268 g/mol. The lowest BCUT2D eigenvalue weighted by Crippen LogP contribution is -2.42. The summed E-state index contributed by atoms with van der Waals surface area (Å²) in [5.74, 6) is 0. The Hall–Kier alpha value is -2.20. The van der Waals surface area contributed by atoms with Crippen LogP contribution in [-0.2, 0) is 19.3 Å². The van der Waals surface area contributed by atoms with E-state index in [2.05, 4.69) is 12.1 Å². The smallest absolute Gasteiger partial charge is 0.269 e. The molecule has 0 fully saturated rings. The van der Waals surface area contributed by atoms with Gasteiger partial charge in [0, 0.05) is 17.7 Å². The molecule has 4 heteroatoms. The number of nitrogens with two attached hydrogens (primary N) is 1. The van der Waals surface area contributed by atoms with Crippen molar-refractivity contribution in [3.05, 3.63) is 75.3 Å². The molecule has 0 amide bonds. The van der Waals surface area contributed by atoms with E-state index >= 15 is 0 Å². The quantitative estimate of drug-likeness (QED) is 0.687. The summed E-state index contributed by atoms with van der Waals surface area (Å²) in [5, 5.41) is 10.8. The molecule has 1 aliphatic carbocycles. The number of fused-ring (bicyclic) bond motifs is 1. The Morgan fingerprint density at radius 2 is 1.75 bits per heavy atom. The predicted molar refractivity (Wildman–Crippen MR) is 77.6 cm³/mol. The summed E-state index contributed by atoms with van der Waals surface area (Å²) in [5.41, 5.74) is 9.80. The van der Waals surface area contributed by atoms with Gasteiger partial charge in [0.1, 0.15) is 0 Å². The molecule has 0 bridgehead atoms. The number of benzene rings is 2. The van der Waals surface area contributed by atoms with Crippen molar-refractivity contribution < 1.29 is 4.92 Å². The fourth-order valence-electron chi connectivity index (χ4n) is 3.04. The van der Waals surface area contributed by atoms with E-state index in [4.69, 9.17) is 5.73 Å². The van der Waals surface area contributed by atoms with Crippen LogP contribution >= 0.6 is 0 Å². The summed E-state index contributed by atoms with van der Waals surface area (Å²) in [6, 6.07) is 15.0. The first kappa shape index (κ1) is 12.8. The number of hydrogen-bond acceptors (Lipinski definition) is 3. The molecule has 0 aromatic heterocycles. The van der Waals surface area contributed by atoms with Crippen molar-refractivity contribution in [2.24, 2.45) is 5.73 Å². The summed E-state index contributed by atoms with van der Waals surface area (Å²) >= 11 is 0. The third kappa shape index (κ3) is 2.42. The molecule has 20 heavy (non-hydrogen) atoms. The molecule has 0 aliphatic heterocycles. The highest BCUT2D eigenvalue weighted by molar-refractivity contribution is 5.39. The first-order valence-corrected chi connectivity index (χ1v) is 6.65. The van der Waals surface area contributed by atoms with Crippen LogP contribution < -0.4 is 5.73 Å². The second-order valence-corrected chi connectivity index (χ2v) is 5.59. The Bertz CT molecular complexity index is 642. The highest BCUT2D eigenvalue weighted by Crippen LogP contribution is 2.31. The zero-order valence-electron chi connectivity index (χ0n) is 11.1. The minimum absolute atomic E-state index is 0.126. The molecule has 3 rings (SSSR count). The van der Waals surface area contributed by atoms with Gasteiger partial charge in [-0.25, -0.2) is 0 Å². The second-order valence-electron chi connectivity index (χ2n) is 5.59. The summed E-state index contributed by atoms with van der Waals surface area (Å²) in [6.45, 7) is 0. The molecule has 0 unspecified atom stereocenters. The van der Waals surface area contributed by atoms with Crippen LogP contribution in [0.4, 0.5) is 5.69 Å². The number of non-ortho nitro benzene ring substituents is 1. The lowest BCUT2D eigenvalue weighted by atomic mass is 9.89. The van der Waals surface area contributed by atoms with Gasteiger partial charge in [0.2, 0.25) is 0 Å². The SMILES string of the molecule is NC1(Cc2cccc([N+](=O)[O-])c2)Cc2ccccc2C1. The van der Waals surface area contributed by atoms with Crippen LogP contribution in [0.1, 0.15) is 16.7 Å². The van der Waals surface area contributed by atoms with Gasteiger partial charge in [-0.2, -0.15) is 0 Å². The minimum atomic E-state index is -0.365. The molecular formula is C16H16N2O2. The summed E-state index contributed by atoms with van der Waals surface area (Å²) in [4.78, 5) is 10.5. The molecule has 1 aliphatic rings. The largest absolute Gasteiger partial charge is 0.324 e. The number of nitro benzene ring substituents is 1. The van der Waals surface area contributed by atoms with E-state index in [-0.39, 0.29) is 16.1 Å². The minimum Gasteiger partial charge on any atom is -0.324 e. The number of hydrogen-bond donors (Lipinski definition) is 1. The van der Waals surface area contributed by atoms with Crippen molar-refractivity contribution in [1.82, 2.24) is 0 Å². The zero-order chi connectivity index (χ0) is 14.2. The van der Waals surface area contributed by atoms with Gasteiger partial charge in [0.05, 0.1) is 4.92 Å². The van der Waals surface area contributed by atoms with Crippen LogP contribution in [0.2, 0.25) is 0 Å². The van der Waals surface area contributed by atoms with Crippen molar-refractivity contribution in [3.8, 4) is 0 Å². The van der Waals surface area contributed by atoms with E-state index in [0.717, 1.165) is 18.4 Å². The molecule has 0 atom stereocenters. The van der Waals surface area contributed by atoms with Gasteiger partial charge in [0.15, 0.2) is 0 Å². The van der Waals surface area contributed by atoms with E-state index in [1.807, 2.05) is 18.2 Å². The van der Waals surface area contributed by atoms with Gasteiger partial charge in [-0.05, 0) is 36.0 Å². The van der Waals surface area contributed by atoms with Crippen molar-refractivity contribution in [2.45, 2.75) is 24.8 Å². The maximum Gasteiger partial charge on any atom is 0.269 e. The van der Waals surface area contributed by atoms with Crippen LogP contribution in [0.3, 0.4) is 0 Å². The van der Waals surface area contributed by atoms with Gasteiger partial charge < -0.3 is 5.73 Å². The standard InChI is InChI=1S/C16H16N2O2/c17-16(10-13-5-1-2-6-14(13)11-16)9-12-4-3-7-15(8-12)18(19)20/h1-8H,9-11,17H2. The molecule has 0 saturated heterocycles. The molecular weight excluding hydrogens is 252 g/mol. The fraction of sp³-hybridized carbons (Fsp3) is 0.250. The van der Waals surface area contributed by atoms with Crippen LogP contribution in [0, 0.1) is 10.1 Å². The first-order valence-electron chi connectivity index (χ1n) is 6.65. The molecule has 102 valence electrons. The van der Waals surface area contributed by atoms with Gasteiger partial charge in [-0.3, -0.25) is 10.1 Å². The Kier molecular flexibility index (Phi) is 3.03. The maximum absolute atomic E-state index is 10.8. The molecule has 0 saturated carbocycles. The van der Waals surface area contributed by atoms with Gasteiger partial charge in [-0.15, -0.1) is 0 Å². The molecule has 0 radical (unpaired) electrons. The second kappa shape index (κ2) is 4.72. The van der Waals surface area contributed by atoms with E-state index in [1.165, 1.54) is 17.2 Å². The Morgan fingerprint density at radius 1 is 1.10 bits per heavy atom. The number of nitrogens with zero attached hydrogens (tertiary/aromatic N) is 1. The Balaban J connectivity index is 1.82. The number of nitro groups is 1. The van der Waals surface area contributed by atoms with E-state index in [9.17, 15) is 10.1 Å². The first-order chi connectivity index (χ1) is 9.56. The predicted octanol–water partition coefficient (Wildman–Crippen LogP) is 2.63. The monoisotopic (exact) mass is 268 g/mol. The Labute approximate surface area is 117 Å². The van der Waals surface area contributed by atoms with Crippen LogP contribution in [0.5, 0.6) is 0 Å². The topological polar surface area (TPSA) is 69.2 Å². The third-order valence-electron chi connectivity index (χ3n) is 3.88. The average Bonchev–Trinajstić information content (AvgIpc) is 2.74. The fourth-order valence-corrected chi connectivity index (χ4v) is 3.04. The lowest BCUT2D eigenvalue weighted by Gasteiger charge is -2.23. The summed E-state index contributed by atoms with van der Waals surface area (Å²) < 4.78 is 0. The highest BCUT2D eigenvalue weighted by Gasteiger charge is 2.33. The molecule has 2 aromatic carbocycles. The van der Waals surface area contributed by atoms with Crippen molar-refractivity contribution in [2.75, 3.05) is 0 Å². The zero-order valence-corrected chi connectivity index (χ0v) is 11.1. The number of rotatable bonds is 3. The molecule has 0 heterocycles. The summed E-state index contributed by atoms with van der Waals surface area (Å²) in [7, 11) is 0. The lowest BCUT2D eigenvalue weighted by molar-refractivity contribution is -0.384. The van der Waals surface area contributed by atoms with Gasteiger partial charge in [0.25, 0.3) is 5.69 Å². The van der Waals surface area contributed by atoms with Crippen molar-refractivity contribution in [3.63, 3.8) is 0 Å². The van der Waals surface area contributed by atoms with Gasteiger partial charge in [-0.1, -0.05) is 36.4 Å². The van der Waals surface area contributed by atoms with E-state index < -0.39 is 0 Å². The van der Waals surface area contributed by atoms with E-state index in [0.29, 0.717) is 6.42 Å². The molecule has 2 N–H and O–H groups in total. The highest BCUT2D eigenvalue weighted by atomic mass is 16.6. The van der Waals surface area contributed by atoms with E-state index in [1.54, 1.807) is 12.1 Å². The van der Waals surface area contributed by atoms with Crippen molar-refractivity contribution >= 4 is 5.69 Å². The Morgan fingerprint density at radius 3 is 2.35 bits per heavy atom. The van der Waals surface area contributed by atoms with Crippen LogP contribution in [0.15, 0.2) is 48.5 Å². The molecule has 2 aromatic rings. The third-order valence-corrected chi connectivity index (χ3v) is 3.88. The molecule has 0 spiro atoms. The van der Waals surface area contributed by atoms with Crippen molar-refractivity contribution in [1.29, 1.82) is 0 Å². The summed E-state index contributed by atoms with van der Waals surface area (Å²) in [6.07, 6.45) is 2.31. The van der Waals surface area contributed by atoms with Gasteiger partial charge >= 0.3 is 0 Å². The van der Waals surface area contributed by atoms with Crippen LogP contribution in [0.25, 0.3) is 0 Å². The maximum atomic E-state index is 10.8. The molecule has 4 nitrogen and oxygen atoms in total.